The van der Waals surface area contributed by atoms with Crippen molar-refractivity contribution in [3.8, 4) is 0 Å². The Hall–Kier alpha value is 0.354. The van der Waals surface area contributed by atoms with Crippen molar-refractivity contribution in [3.05, 3.63) is 0 Å². The van der Waals surface area contributed by atoms with Gasteiger partial charge in [-0.2, -0.15) is 0 Å². The molecule has 0 radical (unpaired) electrons. The summed E-state index contributed by atoms with van der Waals surface area (Å²) in [6.45, 7) is 15.4. The molecule has 0 rings (SSSR count). The van der Waals surface area contributed by atoms with E-state index in [0.717, 1.165) is 26.1 Å². The molecule has 0 bridgehead atoms. The third-order valence-corrected chi connectivity index (χ3v) is 8.22. The summed E-state index contributed by atoms with van der Waals surface area (Å²) in [6.07, 6.45) is 2.27. The predicted octanol–water partition coefficient (Wildman–Crippen LogP) is 3.86. The fourth-order valence-electron chi connectivity index (χ4n) is 1.73. The zero-order chi connectivity index (χ0) is 11.9. The van der Waals surface area contributed by atoms with Gasteiger partial charge in [-0.25, -0.2) is 0 Å². The molecule has 0 aromatic heterocycles. The van der Waals surface area contributed by atoms with Gasteiger partial charge < -0.3 is 8.85 Å². The van der Waals surface area contributed by atoms with E-state index in [2.05, 4.69) is 39.7 Å². The highest BCUT2D eigenvalue weighted by molar-refractivity contribution is 6.84. The summed E-state index contributed by atoms with van der Waals surface area (Å²) in [5.41, 5.74) is 0. The maximum atomic E-state index is 6.25. The minimum absolute atomic E-state index is 0.900. The molecule has 4 heteroatoms. The fraction of sp³-hybridized carbons (Fsp3) is 1.00. The van der Waals surface area contributed by atoms with E-state index >= 15 is 0 Å². The smallest absolute Gasteiger partial charge is 0.173 e. The Kier molecular flexibility index (Phi) is 6.99. The van der Waals surface area contributed by atoms with Crippen molar-refractivity contribution in [2.24, 2.45) is 0 Å². The van der Waals surface area contributed by atoms with Gasteiger partial charge in [-0.3, -0.25) is 0 Å². The van der Waals surface area contributed by atoms with Crippen LogP contribution in [0.15, 0.2) is 0 Å². The molecule has 0 atom stereocenters. The summed E-state index contributed by atoms with van der Waals surface area (Å²) in [5, 5.41) is 0. The number of hydrogen-bond acceptors (Lipinski definition) is 2. The lowest BCUT2D eigenvalue weighted by Gasteiger charge is -2.31. The van der Waals surface area contributed by atoms with Crippen LogP contribution >= 0.6 is 0 Å². The molecule has 0 aromatic rings. The number of hydrogen-bond donors (Lipinski definition) is 0. The van der Waals surface area contributed by atoms with Crippen molar-refractivity contribution in [2.45, 2.75) is 58.5 Å². The van der Waals surface area contributed by atoms with Gasteiger partial charge in [0.25, 0.3) is 0 Å². The van der Waals surface area contributed by atoms with E-state index in [1.54, 1.807) is 0 Å². The Morgan fingerprint density at radius 3 is 2.00 bits per heavy atom. The maximum absolute atomic E-state index is 6.25. The van der Waals surface area contributed by atoms with Gasteiger partial charge in [0.05, 0.1) is 0 Å². The van der Waals surface area contributed by atoms with Crippen LogP contribution in [0.4, 0.5) is 0 Å². The third-order valence-electron chi connectivity index (χ3n) is 2.00. The summed E-state index contributed by atoms with van der Waals surface area (Å²) in [7, 11) is -2.76. The quantitative estimate of drug-likeness (QED) is 0.480. The number of ether oxygens (including phenoxy) is 1. The second-order valence-electron chi connectivity index (χ2n) is 5.69. The van der Waals surface area contributed by atoms with Crippen molar-refractivity contribution in [1.82, 2.24) is 0 Å². The predicted molar refractivity (Wildman–Crippen MR) is 72.4 cm³/mol. The first-order chi connectivity index (χ1) is 6.77. The standard InChI is InChI=1S/C11H28O2Si2/c1-7-9-12-10-8-11-15(5,6)13-14(2,3)4/h7-11H2,1-6H3. The van der Waals surface area contributed by atoms with E-state index in [0.29, 0.717) is 0 Å². The summed E-state index contributed by atoms with van der Waals surface area (Å²) in [6, 6.07) is 1.22. The van der Waals surface area contributed by atoms with Gasteiger partial charge in [0.1, 0.15) is 0 Å². The van der Waals surface area contributed by atoms with Crippen LogP contribution in [0, 0.1) is 0 Å². The maximum Gasteiger partial charge on any atom is 0.173 e. The monoisotopic (exact) mass is 248 g/mol. The van der Waals surface area contributed by atoms with E-state index < -0.39 is 16.6 Å². The summed E-state index contributed by atoms with van der Waals surface area (Å²) in [5.74, 6) is 0. The van der Waals surface area contributed by atoms with Crippen LogP contribution in [0.3, 0.4) is 0 Å². The average Bonchev–Trinajstić information content (AvgIpc) is 1.99. The molecule has 0 spiro atoms. The van der Waals surface area contributed by atoms with Crippen molar-refractivity contribution in [3.63, 3.8) is 0 Å². The molecule has 0 fully saturated rings. The second-order valence-corrected chi connectivity index (χ2v) is 14.8. The zero-order valence-corrected chi connectivity index (χ0v) is 13.4. The molecule has 0 unspecified atom stereocenters. The first-order valence-electron chi connectivity index (χ1n) is 6.05. The van der Waals surface area contributed by atoms with Crippen LogP contribution in [0.2, 0.25) is 38.8 Å². The Morgan fingerprint density at radius 1 is 0.933 bits per heavy atom. The molecule has 0 aliphatic heterocycles. The zero-order valence-electron chi connectivity index (χ0n) is 11.4. The minimum atomic E-state index is -1.42. The molecule has 92 valence electrons. The van der Waals surface area contributed by atoms with Crippen molar-refractivity contribution in [2.75, 3.05) is 13.2 Å². The van der Waals surface area contributed by atoms with E-state index in [4.69, 9.17) is 8.85 Å². The van der Waals surface area contributed by atoms with E-state index in [-0.39, 0.29) is 0 Å². The average molecular weight is 249 g/mol. The second kappa shape index (κ2) is 6.83. The molecular weight excluding hydrogens is 220 g/mol. The minimum Gasteiger partial charge on any atom is -0.456 e. The van der Waals surface area contributed by atoms with Gasteiger partial charge in [-0.1, -0.05) is 6.92 Å². The largest absolute Gasteiger partial charge is 0.456 e. The molecular formula is C11H28O2Si2. The molecule has 2 nitrogen and oxygen atoms in total. The van der Waals surface area contributed by atoms with Crippen LogP contribution in [-0.4, -0.2) is 29.8 Å². The third kappa shape index (κ3) is 10.6. The Morgan fingerprint density at radius 2 is 1.53 bits per heavy atom. The molecule has 0 aliphatic carbocycles. The van der Waals surface area contributed by atoms with Crippen molar-refractivity contribution >= 4 is 16.6 Å². The van der Waals surface area contributed by atoms with Gasteiger partial charge in [0, 0.05) is 13.2 Å². The molecule has 0 saturated heterocycles. The highest BCUT2D eigenvalue weighted by atomic mass is 28.4. The molecule has 0 aliphatic rings. The Balaban J connectivity index is 3.65. The van der Waals surface area contributed by atoms with Gasteiger partial charge >= 0.3 is 0 Å². The molecule has 0 amide bonds. The first kappa shape index (κ1) is 15.4. The van der Waals surface area contributed by atoms with E-state index in [1.165, 1.54) is 6.04 Å². The Bertz CT molecular complexity index is 164. The lowest BCUT2D eigenvalue weighted by molar-refractivity contribution is 0.135. The van der Waals surface area contributed by atoms with Crippen LogP contribution in [0.25, 0.3) is 0 Å². The fourth-order valence-corrected chi connectivity index (χ4v) is 9.76. The lowest BCUT2D eigenvalue weighted by atomic mass is 10.5. The van der Waals surface area contributed by atoms with Crippen LogP contribution in [-0.2, 0) is 8.85 Å². The lowest BCUT2D eigenvalue weighted by Crippen LogP contribution is -2.42. The van der Waals surface area contributed by atoms with Gasteiger partial charge in [0.2, 0.25) is 0 Å². The van der Waals surface area contributed by atoms with Crippen molar-refractivity contribution in [1.29, 1.82) is 0 Å². The molecule has 0 heterocycles. The summed E-state index contributed by atoms with van der Waals surface area (Å²) in [4.78, 5) is 0. The highest BCUT2D eigenvalue weighted by Crippen LogP contribution is 2.19. The SMILES string of the molecule is CCCOCCC[Si](C)(C)O[Si](C)(C)C. The normalized spacial score (nSPS) is 13.2. The topological polar surface area (TPSA) is 18.5 Å². The molecule has 0 saturated carbocycles. The summed E-state index contributed by atoms with van der Waals surface area (Å²) < 4.78 is 11.7. The molecule has 0 aromatic carbocycles. The van der Waals surface area contributed by atoms with Crippen LogP contribution in [0.1, 0.15) is 19.8 Å². The van der Waals surface area contributed by atoms with Crippen LogP contribution < -0.4 is 0 Å². The highest BCUT2D eigenvalue weighted by Gasteiger charge is 2.28. The van der Waals surface area contributed by atoms with Crippen molar-refractivity contribution < 1.29 is 8.85 Å². The Labute approximate surface area is 97.6 Å². The van der Waals surface area contributed by atoms with Gasteiger partial charge in [0.15, 0.2) is 16.6 Å². The molecule has 15 heavy (non-hydrogen) atoms. The summed E-state index contributed by atoms with van der Waals surface area (Å²) >= 11 is 0. The molecule has 0 N–H and O–H groups in total. The van der Waals surface area contributed by atoms with E-state index in [1.807, 2.05) is 0 Å². The van der Waals surface area contributed by atoms with Crippen LogP contribution in [0.5, 0.6) is 0 Å². The number of rotatable bonds is 8. The van der Waals surface area contributed by atoms with E-state index in [9.17, 15) is 0 Å². The van der Waals surface area contributed by atoms with Gasteiger partial charge in [-0.15, -0.1) is 0 Å². The van der Waals surface area contributed by atoms with Gasteiger partial charge in [-0.05, 0) is 51.6 Å². The first-order valence-corrected chi connectivity index (χ1v) is 12.6.